The molecular weight excluding hydrogens is 284 g/mol. The number of benzene rings is 1. The van der Waals surface area contributed by atoms with Gasteiger partial charge in [0.2, 0.25) is 0 Å². The zero-order valence-electron chi connectivity index (χ0n) is 11.9. The maximum Gasteiger partial charge on any atom is 0.103 e. The van der Waals surface area contributed by atoms with Crippen molar-refractivity contribution in [1.29, 1.82) is 0 Å². The minimum Gasteiger partial charge on any atom is -0.240 e. The summed E-state index contributed by atoms with van der Waals surface area (Å²) in [4.78, 5) is 0. The first kappa shape index (κ1) is 13.4. The lowest BCUT2D eigenvalue weighted by molar-refractivity contribution is 0.990. The van der Waals surface area contributed by atoms with Gasteiger partial charge in [0.1, 0.15) is 8.07 Å². The maximum atomic E-state index is 6.42. The van der Waals surface area contributed by atoms with E-state index in [2.05, 4.69) is 37.8 Å². The Bertz CT molecular complexity index is 757. The second-order valence-corrected chi connectivity index (χ2v) is 11.4. The number of aromatic nitrogens is 2. The normalized spacial score (nSPS) is 12.0. The van der Waals surface area contributed by atoms with E-state index in [-0.39, 0.29) is 0 Å². The molecule has 20 heavy (non-hydrogen) atoms. The Morgan fingerprint density at radius 3 is 2.35 bits per heavy atom. The van der Waals surface area contributed by atoms with Crippen molar-refractivity contribution < 1.29 is 0 Å². The SMILES string of the molecule is C[Si](C)(C)c1c(Cl)ccc2cc(-c3ccccc3)nn12. The summed E-state index contributed by atoms with van der Waals surface area (Å²) in [6.07, 6.45) is 0. The van der Waals surface area contributed by atoms with E-state index in [1.165, 1.54) is 5.32 Å². The summed E-state index contributed by atoms with van der Waals surface area (Å²) in [6.45, 7) is 6.87. The molecule has 0 unspecified atom stereocenters. The van der Waals surface area contributed by atoms with Gasteiger partial charge in [-0.25, -0.2) is 4.52 Å². The fourth-order valence-electron chi connectivity index (χ4n) is 2.46. The van der Waals surface area contributed by atoms with Crippen LogP contribution in [0.25, 0.3) is 16.8 Å². The molecule has 4 heteroatoms. The van der Waals surface area contributed by atoms with Gasteiger partial charge in [-0.1, -0.05) is 61.6 Å². The summed E-state index contributed by atoms with van der Waals surface area (Å²) in [5, 5.41) is 6.78. The number of nitrogens with zero attached hydrogens (tertiary/aromatic N) is 2. The van der Waals surface area contributed by atoms with E-state index >= 15 is 0 Å². The largest absolute Gasteiger partial charge is 0.240 e. The van der Waals surface area contributed by atoms with Gasteiger partial charge in [0.05, 0.1) is 16.2 Å². The van der Waals surface area contributed by atoms with E-state index in [0.29, 0.717) is 0 Å². The van der Waals surface area contributed by atoms with Gasteiger partial charge in [-0.3, -0.25) is 0 Å². The number of fused-ring (bicyclic) bond motifs is 1. The highest BCUT2D eigenvalue weighted by Crippen LogP contribution is 2.21. The van der Waals surface area contributed by atoms with Crippen LogP contribution in [0.4, 0.5) is 0 Å². The zero-order chi connectivity index (χ0) is 14.3. The monoisotopic (exact) mass is 300 g/mol. The van der Waals surface area contributed by atoms with E-state index in [1.54, 1.807) is 0 Å². The Hall–Kier alpha value is -1.58. The van der Waals surface area contributed by atoms with E-state index in [9.17, 15) is 0 Å². The first-order valence-electron chi connectivity index (χ1n) is 6.71. The minimum atomic E-state index is -1.56. The lowest BCUT2D eigenvalue weighted by Crippen LogP contribution is -2.43. The highest BCUT2D eigenvalue weighted by atomic mass is 35.5. The summed E-state index contributed by atoms with van der Waals surface area (Å²) < 4.78 is 2.02. The molecule has 3 aromatic rings. The highest BCUT2D eigenvalue weighted by Gasteiger charge is 2.24. The van der Waals surface area contributed by atoms with Crippen LogP contribution in [0.5, 0.6) is 0 Å². The molecular formula is C16H17ClN2Si. The molecule has 0 saturated heterocycles. The van der Waals surface area contributed by atoms with Crippen LogP contribution in [0, 0.1) is 0 Å². The molecule has 0 amide bonds. The van der Waals surface area contributed by atoms with Gasteiger partial charge >= 0.3 is 0 Å². The third kappa shape index (κ3) is 2.27. The molecule has 0 aliphatic carbocycles. The second kappa shape index (κ2) is 4.76. The Morgan fingerprint density at radius 1 is 1.00 bits per heavy atom. The standard InChI is InChI=1S/C16H17ClN2Si/c1-20(2,3)16-14(17)10-9-13-11-15(18-19(13)16)12-7-5-4-6-8-12/h4-11H,1-3H3. The molecule has 0 atom stereocenters. The van der Waals surface area contributed by atoms with Crippen molar-refractivity contribution in [2.75, 3.05) is 0 Å². The summed E-state index contributed by atoms with van der Waals surface area (Å²) in [7, 11) is -1.56. The van der Waals surface area contributed by atoms with E-state index in [4.69, 9.17) is 16.7 Å². The molecule has 2 heterocycles. The Kier molecular flexibility index (Phi) is 3.19. The molecule has 102 valence electrons. The first-order chi connectivity index (χ1) is 9.47. The molecule has 0 aliphatic rings. The number of rotatable bonds is 2. The predicted molar refractivity (Wildman–Crippen MR) is 88.6 cm³/mol. The smallest absolute Gasteiger partial charge is 0.103 e. The van der Waals surface area contributed by atoms with Crippen molar-refractivity contribution in [1.82, 2.24) is 9.61 Å². The van der Waals surface area contributed by atoms with E-state index in [0.717, 1.165) is 21.8 Å². The molecule has 0 aliphatic heterocycles. The van der Waals surface area contributed by atoms with Crippen LogP contribution in [-0.2, 0) is 0 Å². The van der Waals surface area contributed by atoms with Gasteiger partial charge in [-0.05, 0) is 18.2 Å². The van der Waals surface area contributed by atoms with Crippen LogP contribution < -0.4 is 5.32 Å². The molecule has 2 aromatic heterocycles. The third-order valence-electron chi connectivity index (χ3n) is 3.36. The van der Waals surface area contributed by atoms with Crippen LogP contribution in [-0.4, -0.2) is 17.7 Å². The lowest BCUT2D eigenvalue weighted by atomic mass is 10.1. The minimum absolute atomic E-state index is 0.819. The average Bonchev–Trinajstić information content (AvgIpc) is 2.81. The first-order valence-corrected chi connectivity index (χ1v) is 10.6. The van der Waals surface area contributed by atoms with Crippen molar-refractivity contribution in [2.45, 2.75) is 19.6 Å². The average molecular weight is 301 g/mol. The summed E-state index contributed by atoms with van der Waals surface area (Å²) >= 11 is 6.42. The van der Waals surface area contributed by atoms with Gasteiger partial charge in [0.15, 0.2) is 0 Å². The molecule has 0 spiro atoms. The van der Waals surface area contributed by atoms with Crippen LogP contribution in [0.2, 0.25) is 24.7 Å². The van der Waals surface area contributed by atoms with Crippen LogP contribution in [0.15, 0.2) is 48.5 Å². The van der Waals surface area contributed by atoms with Gasteiger partial charge in [0.25, 0.3) is 0 Å². The Labute approximate surface area is 125 Å². The van der Waals surface area contributed by atoms with Gasteiger partial charge in [-0.15, -0.1) is 0 Å². The third-order valence-corrected chi connectivity index (χ3v) is 5.72. The molecule has 2 nitrogen and oxygen atoms in total. The number of hydrogen-bond donors (Lipinski definition) is 0. The number of pyridine rings is 1. The zero-order valence-corrected chi connectivity index (χ0v) is 13.6. The predicted octanol–water partition coefficient (Wildman–Crippen LogP) is 4.20. The van der Waals surface area contributed by atoms with Gasteiger partial charge in [-0.2, -0.15) is 5.10 Å². The van der Waals surface area contributed by atoms with Crippen LogP contribution in [0.3, 0.4) is 0 Å². The molecule has 0 radical (unpaired) electrons. The number of halogens is 1. The molecule has 1 aromatic carbocycles. The number of hydrogen-bond acceptors (Lipinski definition) is 1. The topological polar surface area (TPSA) is 17.3 Å². The van der Waals surface area contributed by atoms with Crippen molar-refractivity contribution >= 4 is 30.5 Å². The van der Waals surface area contributed by atoms with E-state index < -0.39 is 8.07 Å². The molecule has 0 saturated carbocycles. The van der Waals surface area contributed by atoms with Gasteiger partial charge < -0.3 is 0 Å². The molecule has 0 N–H and O–H groups in total. The fourth-order valence-corrected chi connectivity index (χ4v) is 5.07. The van der Waals surface area contributed by atoms with Crippen LogP contribution >= 0.6 is 11.6 Å². The quantitative estimate of drug-likeness (QED) is 0.648. The highest BCUT2D eigenvalue weighted by molar-refractivity contribution is 6.89. The summed E-state index contributed by atoms with van der Waals surface area (Å²) in [6, 6.07) is 16.4. The van der Waals surface area contributed by atoms with Crippen molar-refractivity contribution in [3.05, 3.63) is 53.6 Å². The van der Waals surface area contributed by atoms with Crippen molar-refractivity contribution in [2.24, 2.45) is 0 Å². The Balaban J connectivity index is 2.27. The van der Waals surface area contributed by atoms with Crippen molar-refractivity contribution in [3.8, 4) is 11.3 Å². The second-order valence-electron chi connectivity index (χ2n) is 6.01. The maximum absolute atomic E-state index is 6.42. The summed E-state index contributed by atoms with van der Waals surface area (Å²) in [5.41, 5.74) is 3.23. The van der Waals surface area contributed by atoms with Crippen LogP contribution in [0.1, 0.15) is 0 Å². The molecule has 0 bridgehead atoms. The Morgan fingerprint density at radius 2 is 1.70 bits per heavy atom. The van der Waals surface area contributed by atoms with Gasteiger partial charge in [0, 0.05) is 10.9 Å². The fraction of sp³-hybridized carbons (Fsp3) is 0.188. The molecule has 3 rings (SSSR count). The van der Waals surface area contributed by atoms with E-state index in [1.807, 2.05) is 34.8 Å². The molecule has 0 fully saturated rings. The van der Waals surface area contributed by atoms with Crippen molar-refractivity contribution in [3.63, 3.8) is 0 Å². The lowest BCUT2D eigenvalue weighted by Gasteiger charge is -2.19. The summed E-state index contributed by atoms with van der Waals surface area (Å²) in [5.74, 6) is 0.